The molecule has 0 aliphatic heterocycles. The lowest BCUT2D eigenvalue weighted by Gasteiger charge is -2.24. The van der Waals surface area contributed by atoms with Gasteiger partial charge < -0.3 is 37.0 Å². The van der Waals surface area contributed by atoms with Crippen molar-refractivity contribution in [3.8, 4) is 0 Å². The lowest BCUT2D eigenvalue weighted by molar-refractivity contribution is -0.147. The van der Waals surface area contributed by atoms with Gasteiger partial charge in [-0.25, -0.2) is 0 Å². The van der Waals surface area contributed by atoms with Crippen LogP contribution in [0.1, 0.15) is 0 Å². The third-order valence-corrected chi connectivity index (χ3v) is 2.01. The molecule has 0 bridgehead atoms. The number of nitrogens with zero attached hydrogens (tertiary/aromatic N) is 1. The van der Waals surface area contributed by atoms with E-state index in [1.54, 1.807) is 5.32 Å². The summed E-state index contributed by atoms with van der Waals surface area (Å²) >= 11 is 0. The van der Waals surface area contributed by atoms with Crippen LogP contribution >= 0.6 is 0 Å². The van der Waals surface area contributed by atoms with E-state index in [-0.39, 0.29) is 0 Å². The van der Waals surface area contributed by atoms with Crippen molar-refractivity contribution in [2.75, 3.05) is 6.61 Å². The van der Waals surface area contributed by atoms with Crippen LogP contribution in [0, 0.1) is 5.41 Å². The lowest BCUT2D eigenvalue weighted by Crippen LogP contribution is -2.52. The van der Waals surface area contributed by atoms with Gasteiger partial charge in [0.1, 0.15) is 18.3 Å². The van der Waals surface area contributed by atoms with Crippen LogP contribution in [0.4, 0.5) is 0 Å². The summed E-state index contributed by atoms with van der Waals surface area (Å²) in [6, 6.07) is 0. The zero-order valence-electron chi connectivity index (χ0n) is 9.76. The molecule has 11 heteroatoms. The molecule has 0 heterocycles. The summed E-state index contributed by atoms with van der Waals surface area (Å²) in [6.45, 7) is -0.879. The Labute approximate surface area is 107 Å². The van der Waals surface area contributed by atoms with Gasteiger partial charge in [0.2, 0.25) is 5.96 Å². The first-order valence-electron chi connectivity index (χ1n) is 5.02. The van der Waals surface area contributed by atoms with E-state index in [1.165, 1.54) is 0 Å². The Morgan fingerprint density at radius 3 is 2.16 bits per heavy atom. The minimum atomic E-state index is -2.16. The number of guanidine groups is 2. The Bertz CT molecular complexity index is 358. The first kappa shape index (κ1) is 17.2. The Morgan fingerprint density at radius 2 is 1.74 bits per heavy atom. The molecule has 0 aliphatic rings. The molecule has 0 spiro atoms. The predicted octanol–water partition coefficient (Wildman–Crippen LogP) is -5.25. The highest BCUT2D eigenvalue weighted by Crippen LogP contribution is 2.05. The van der Waals surface area contributed by atoms with Gasteiger partial charge in [0, 0.05) is 0 Å². The first-order chi connectivity index (χ1) is 8.70. The van der Waals surface area contributed by atoms with Crippen LogP contribution in [0.2, 0.25) is 0 Å². The van der Waals surface area contributed by atoms with E-state index < -0.39 is 48.8 Å². The van der Waals surface area contributed by atoms with Gasteiger partial charge in [0.15, 0.2) is 12.1 Å². The SMILES string of the molecule is N=C(N=C(N)N)NC(=O)[C@H](O)[C@@H](O)[C@H](O)[C@H](O)CO. The molecule has 4 atom stereocenters. The summed E-state index contributed by atoms with van der Waals surface area (Å²) in [5.41, 5.74) is 9.87. The average Bonchev–Trinajstić information content (AvgIpc) is 2.33. The number of nitrogens with one attached hydrogen (secondary N) is 2. The largest absolute Gasteiger partial charge is 0.394 e. The highest BCUT2D eigenvalue weighted by atomic mass is 16.4. The topological polar surface area (TPSA) is 218 Å². The highest BCUT2D eigenvalue weighted by molar-refractivity contribution is 6.02. The molecular formula is C8H17N5O6. The van der Waals surface area contributed by atoms with Gasteiger partial charge in [0.05, 0.1) is 6.61 Å². The third-order valence-electron chi connectivity index (χ3n) is 2.01. The normalized spacial score (nSPS) is 16.9. The van der Waals surface area contributed by atoms with Crippen molar-refractivity contribution >= 4 is 17.8 Å². The molecule has 110 valence electrons. The molecule has 0 saturated carbocycles. The number of rotatable bonds is 5. The summed E-state index contributed by atoms with van der Waals surface area (Å²) in [6.07, 6.45) is -7.93. The summed E-state index contributed by atoms with van der Waals surface area (Å²) in [5, 5.41) is 54.4. The maximum Gasteiger partial charge on any atom is 0.258 e. The maximum atomic E-state index is 11.3. The van der Waals surface area contributed by atoms with Crippen molar-refractivity contribution in [2.45, 2.75) is 24.4 Å². The fourth-order valence-electron chi connectivity index (χ4n) is 1.03. The van der Waals surface area contributed by atoms with Crippen molar-refractivity contribution in [1.29, 1.82) is 5.41 Å². The van der Waals surface area contributed by atoms with E-state index in [0.29, 0.717) is 0 Å². The number of carbonyl (C=O) groups is 1. The number of hydrogen-bond acceptors (Lipinski definition) is 7. The van der Waals surface area contributed by atoms with E-state index in [2.05, 4.69) is 4.99 Å². The maximum absolute atomic E-state index is 11.3. The van der Waals surface area contributed by atoms with Crippen molar-refractivity contribution in [2.24, 2.45) is 16.5 Å². The second-order valence-electron chi connectivity index (χ2n) is 3.55. The second kappa shape index (κ2) is 7.60. The van der Waals surface area contributed by atoms with Gasteiger partial charge >= 0.3 is 0 Å². The third kappa shape index (κ3) is 5.58. The fourth-order valence-corrected chi connectivity index (χ4v) is 1.03. The van der Waals surface area contributed by atoms with Crippen LogP contribution in [0.15, 0.2) is 4.99 Å². The molecule has 19 heavy (non-hydrogen) atoms. The first-order valence-corrected chi connectivity index (χ1v) is 5.02. The summed E-state index contributed by atoms with van der Waals surface area (Å²) in [7, 11) is 0. The van der Waals surface area contributed by atoms with Crippen LogP contribution < -0.4 is 16.8 Å². The lowest BCUT2D eigenvalue weighted by atomic mass is 10.0. The standard InChI is InChI=1S/C8H17N5O6/c9-7(10)13-8(11)12-6(19)5(18)4(17)3(16)2(15)1-14/h2-5,14-18H,1H2,(H6,9,10,11,12,13,19)/t2-,3-,4+,5-/m1/s1. The monoisotopic (exact) mass is 279 g/mol. The molecule has 0 aromatic heterocycles. The number of carbonyl (C=O) groups excluding carboxylic acids is 1. The number of amides is 1. The zero-order chi connectivity index (χ0) is 15.2. The van der Waals surface area contributed by atoms with E-state index in [4.69, 9.17) is 27.1 Å². The molecule has 0 aliphatic carbocycles. The molecule has 0 rings (SSSR count). The van der Waals surface area contributed by atoms with Gasteiger partial charge in [-0.1, -0.05) is 0 Å². The van der Waals surface area contributed by atoms with Crippen LogP contribution in [-0.2, 0) is 4.79 Å². The quantitative estimate of drug-likeness (QED) is 0.174. The summed E-state index contributed by atoms with van der Waals surface area (Å²) in [5.74, 6) is -2.56. The number of aliphatic hydroxyl groups is 5. The molecule has 0 unspecified atom stereocenters. The van der Waals surface area contributed by atoms with Crippen molar-refractivity contribution in [1.82, 2.24) is 5.32 Å². The van der Waals surface area contributed by atoms with Crippen LogP contribution in [0.3, 0.4) is 0 Å². The smallest absolute Gasteiger partial charge is 0.258 e. The number of nitrogens with two attached hydrogens (primary N) is 2. The summed E-state index contributed by atoms with van der Waals surface area (Å²) in [4.78, 5) is 14.5. The molecule has 0 saturated heterocycles. The van der Waals surface area contributed by atoms with E-state index in [9.17, 15) is 20.1 Å². The molecule has 11 N–H and O–H groups in total. The Kier molecular flexibility index (Phi) is 6.89. The second-order valence-corrected chi connectivity index (χ2v) is 3.55. The Morgan fingerprint density at radius 1 is 1.21 bits per heavy atom. The molecule has 0 radical (unpaired) electrons. The number of hydrogen-bond donors (Lipinski definition) is 9. The molecule has 1 amide bonds. The number of aliphatic imine (C=N–C) groups is 1. The minimum Gasteiger partial charge on any atom is -0.394 e. The fraction of sp³-hybridized carbons (Fsp3) is 0.625. The zero-order valence-corrected chi connectivity index (χ0v) is 9.76. The predicted molar refractivity (Wildman–Crippen MR) is 62.8 cm³/mol. The highest BCUT2D eigenvalue weighted by Gasteiger charge is 2.34. The van der Waals surface area contributed by atoms with Crippen molar-refractivity contribution < 1.29 is 30.3 Å². The van der Waals surface area contributed by atoms with E-state index in [0.717, 1.165) is 0 Å². The van der Waals surface area contributed by atoms with Gasteiger partial charge in [-0.2, -0.15) is 4.99 Å². The molecular weight excluding hydrogens is 262 g/mol. The Hall–Kier alpha value is -1.79. The van der Waals surface area contributed by atoms with Gasteiger partial charge in [-0.3, -0.25) is 15.5 Å². The minimum absolute atomic E-state index is 0.504. The van der Waals surface area contributed by atoms with Crippen LogP contribution in [0.5, 0.6) is 0 Å². The van der Waals surface area contributed by atoms with Gasteiger partial charge in [-0.05, 0) is 0 Å². The van der Waals surface area contributed by atoms with Gasteiger partial charge in [-0.15, -0.1) is 0 Å². The average molecular weight is 279 g/mol. The molecule has 0 fully saturated rings. The van der Waals surface area contributed by atoms with E-state index >= 15 is 0 Å². The van der Waals surface area contributed by atoms with E-state index in [1.807, 2.05) is 0 Å². The van der Waals surface area contributed by atoms with Crippen molar-refractivity contribution in [3.05, 3.63) is 0 Å². The molecule has 11 nitrogen and oxygen atoms in total. The van der Waals surface area contributed by atoms with Crippen LogP contribution in [-0.4, -0.2) is 74.4 Å². The van der Waals surface area contributed by atoms with Gasteiger partial charge in [0.25, 0.3) is 5.91 Å². The number of aliphatic hydroxyl groups excluding tert-OH is 5. The molecule has 0 aromatic rings. The van der Waals surface area contributed by atoms with Crippen LogP contribution in [0.25, 0.3) is 0 Å². The summed E-state index contributed by atoms with van der Waals surface area (Å²) < 4.78 is 0. The Balaban J connectivity index is 4.56. The molecule has 0 aromatic carbocycles. The van der Waals surface area contributed by atoms with Crippen molar-refractivity contribution in [3.63, 3.8) is 0 Å².